The van der Waals surface area contributed by atoms with Gasteiger partial charge in [0, 0.05) is 6.54 Å². The monoisotopic (exact) mass is 301 g/mol. The van der Waals surface area contributed by atoms with Crippen molar-refractivity contribution in [2.24, 2.45) is 40.4 Å². The Kier molecular flexibility index (Phi) is 3.53. The van der Waals surface area contributed by atoms with E-state index in [-0.39, 0.29) is 0 Å². The summed E-state index contributed by atoms with van der Waals surface area (Å²) in [6, 6.07) is 0. The van der Waals surface area contributed by atoms with Crippen LogP contribution < -0.4 is 5.32 Å². The highest BCUT2D eigenvalue weighted by Gasteiger charge is 2.58. The van der Waals surface area contributed by atoms with E-state index in [0.29, 0.717) is 10.8 Å². The molecule has 1 nitrogen and oxygen atoms in total. The fraction of sp³-hybridized carbons (Fsp3) is 0.905. The van der Waals surface area contributed by atoms with Gasteiger partial charge in [0.05, 0.1) is 0 Å². The van der Waals surface area contributed by atoms with Crippen LogP contribution in [0.25, 0.3) is 0 Å². The van der Waals surface area contributed by atoms with Gasteiger partial charge in [-0.1, -0.05) is 39.3 Å². The third-order valence-electron chi connectivity index (χ3n) is 8.64. The smallest absolute Gasteiger partial charge is 0.0170 e. The van der Waals surface area contributed by atoms with E-state index in [1.807, 2.05) is 0 Å². The summed E-state index contributed by atoms with van der Waals surface area (Å²) in [6.07, 6.45) is 11.4. The number of allylic oxidation sites excluding steroid dienone is 1. The lowest BCUT2D eigenvalue weighted by Crippen LogP contribution is -2.52. The first-order valence-corrected chi connectivity index (χ1v) is 9.87. The topological polar surface area (TPSA) is 12.0 Å². The van der Waals surface area contributed by atoms with Gasteiger partial charge in [0.2, 0.25) is 0 Å². The predicted octanol–water partition coefficient (Wildman–Crippen LogP) is 5.03. The molecular weight excluding hydrogens is 266 g/mol. The third-order valence-corrected chi connectivity index (χ3v) is 8.64. The molecule has 0 aromatic carbocycles. The maximum absolute atomic E-state index is 3.61. The summed E-state index contributed by atoms with van der Waals surface area (Å²) in [5, 5.41) is 3.61. The van der Waals surface area contributed by atoms with E-state index in [0.717, 1.165) is 36.1 Å². The highest BCUT2D eigenvalue weighted by Crippen LogP contribution is 2.66. The van der Waals surface area contributed by atoms with Crippen LogP contribution in [0.15, 0.2) is 11.6 Å². The zero-order valence-electron chi connectivity index (χ0n) is 15.1. The number of hydrogen-bond donors (Lipinski definition) is 1. The molecular formula is C21H35N. The maximum atomic E-state index is 3.61. The Morgan fingerprint density at radius 2 is 1.91 bits per heavy atom. The Hall–Kier alpha value is -0.300. The quantitative estimate of drug-likeness (QED) is 0.670. The van der Waals surface area contributed by atoms with E-state index in [1.165, 1.54) is 45.1 Å². The molecule has 4 aliphatic rings. The third kappa shape index (κ3) is 1.93. The fourth-order valence-electron chi connectivity index (χ4n) is 7.48. The minimum Gasteiger partial charge on any atom is -0.313 e. The van der Waals surface area contributed by atoms with Gasteiger partial charge < -0.3 is 5.32 Å². The highest BCUT2D eigenvalue weighted by molar-refractivity contribution is 5.25. The molecule has 1 N–H and O–H groups in total. The maximum Gasteiger partial charge on any atom is 0.0170 e. The van der Waals surface area contributed by atoms with E-state index >= 15 is 0 Å². The highest BCUT2D eigenvalue weighted by atomic mass is 14.9. The van der Waals surface area contributed by atoms with Crippen LogP contribution >= 0.6 is 0 Å². The molecule has 0 amide bonds. The molecule has 0 aromatic heterocycles. The normalized spacial score (nSPS) is 51.0. The molecule has 6 unspecified atom stereocenters. The van der Waals surface area contributed by atoms with E-state index < -0.39 is 0 Å². The first kappa shape index (κ1) is 15.2. The van der Waals surface area contributed by atoms with Gasteiger partial charge in [0.25, 0.3) is 0 Å². The molecule has 124 valence electrons. The molecule has 1 heterocycles. The lowest BCUT2D eigenvalue weighted by molar-refractivity contribution is -0.0466. The molecule has 0 bridgehead atoms. The van der Waals surface area contributed by atoms with Gasteiger partial charge in [-0.05, 0) is 85.5 Å². The van der Waals surface area contributed by atoms with Gasteiger partial charge in [-0.3, -0.25) is 0 Å². The van der Waals surface area contributed by atoms with Crippen LogP contribution in [0, 0.1) is 40.4 Å². The Morgan fingerprint density at radius 3 is 2.68 bits per heavy atom. The Balaban J connectivity index is 1.66. The van der Waals surface area contributed by atoms with Crippen LogP contribution in [0.5, 0.6) is 0 Å². The van der Waals surface area contributed by atoms with Crippen molar-refractivity contribution < 1.29 is 0 Å². The summed E-state index contributed by atoms with van der Waals surface area (Å²) < 4.78 is 0. The van der Waals surface area contributed by atoms with Gasteiger partial charge in [-0.15, -0.1) is 0 Å². The van der Waals surface area contributed by atoms with Crippen molar-refractivity contribution in [1.82, 2.24) is 5.32 Å². The predicted molar refractivity (Wildman–Crippen MR) is 93.7 cm³/mol. The average Bonchev–Trinajstić information content (AvgIpc) is 2.84. The number of piperidine rings is 1. The van der Waals surface area contributed by atoms with Crippen LogP contribution in [0.1, 0.15) is 66.2 Å². The van der Waals surface area contributed by atoms with Crippen molar-refractivity contribution in [3.8, 4) is 0 Å². The summed E-state index contributed by atoms with van der Waals surface area (Å²) in [5.74, 6) is 4.80. The average molecular weight is 302 g/mol. The van der Waals surface area contributed by atoms with Crippen molar-refractivity contribution in [3.63, 3.8) is 0 Å². The second kappa shape index (κ2) is 5.10. The van der Waals surface area contributed by atoms with Crippen molar-refractivity contribution in [2.75, 3.05) is 13.1 Å². The fourth-order valence-corrected chi connectivity index (χ4v) is 7.48. The molecule has 4 rings (SSSR count). The zero-order valence-corrected chi connectivity index (χ0v) is 15.1. The Labute approximate surface area is 137 Å². The molecule has 2 saturated carbocycles. The summed E-state index contributed by atoms with van der Waals surface area (Å²) in [7, 11) is 0. The molecule has 0 spiro atoms. The van der Waals surface area contributed by atoms with E-state index in [4.69, 9.17) is 0 Å². The van der Waals surface area contributed by atoms with Crippen LogP contribution in [0.3, 0.4) is 0 Å². The molecule has 6 atom stereocenters. The summed E-state index contributed by atoms with van der Waals surface area (Å²) >= 11 is 0. The SMILES string of the molecule is CC(C)C1CCC2C3CC=C4CNCCC4(C)C3CCC12C. The number of rotatable bonds is 1. The molecule has 0 radical (unpaired) electrons. The van der Waals surface area contributed by atoms with Gasteiger partial charge >= 0.3 is 0 Å². The van der Waals surface area contributed by atoms with Crippen molar-refractivity contribution >= 4 is 0 Å². The van der Waals surface area contributed by atoms with Gasteiger partial charge in [0.1, 0.15) is 0 Å². The Morgan fingerprint density at radius 1 is 1.09 bits per heavy atom. The summed E-state index contributed by atoms with van der Waals surface area (Å²) in [6.45, 7) is 12.6. The minimum atomic E-state index is 0.519. The summed E-state index contributed by atoms with van der Waals surface area (Å²) in [4.78, 5) is 0. The van der Waals surface area contributed by atoms with E-state index in [9.17, 15) is 0 Å². The molecule has 3 aliphatic carbocycles. The lowest BCUT2D eigenvalue weighted by atomic mass is 9.48. The van der Waals surface area contributed by atoms with Gasteiger partial charge in [-0.2, -0.15) is 0 Å². The van der Waals surface area contributed by atoms with E-state index in [1.54, 1.807) is 5.57 Å². The molecule has 1 saturated heterocycles. The summed E-state index contributed by atoms with van der Waals surface area (Å²) in [5.41, 5.74) is 2.91. The van der Waals surface area contributed by atoms with Crippen LogP contribution in [-0.4, -0.2) is 13.1 Å². The van der Waals surface area contributed by atoms with E-state index in [2.05, 4.69) is 39.1 Å². The molecule has 1 aliphatic heterocycles. The van der Waals surface area contributed by atoms with Crippen LogP contribution in [0.2, 0.25) is 0 Å². The Bertz CT molecular complexity index is 478. The number of fused-ring (bicyclic) bond motifs is 5. The van der Waals surface area contributed by atoms with Gasteiger partial charge in [-0.25, -0.2) is 0 Å². The minimum absolute atomic E-state index is 0.519. The van der Waals surface area contributed by atoms with Crippen molar-refractivity contribution in [2.45, 2.75) is 66.2 Å². The first-order valence-electron chi connectivity index (χ1n) is 9.87. The van der Waals surface area contributed by atoms with Crippen molar-refractivity contribution in [1.29, 1.82) is 0 Å². The standard InChI is InChI=1S/C21H35N/c1-14(2)17-7-8-18-16-6-5-15-13-22-12-11-20(15,3)19(16)9-10-21(17,18)4/h5,14,16-19,22H,6-13H2,1-4H3. The van der Waals surface area contributed by atoms with Crippen LogP contribution in [0.4, 0.5) is 0 Å². The molecule has 22 heavy (non-hydrogen) atoms. The van der Waals surface area contributed by atoms with Gasteiger partial charge in [0.15, 0.2) is 0 Å². The molecule has 3 fully saturated rings. The lowest BCUT2D eigenvalue weighted by Gasteiger charge is -2.58. The second-order valence-corrected chi connectivity index (χ2v) is 9.66. The largest absolute Gasteiger partial charge is 0.313 e. The van der Waals surface area contributed by atoms with Crippen molar-refractivity contribution in [3.05, 3.63) is 11.6 Å². The number of nitrogens with one attached hydrogen (secondary N) is 1. The van der Waals surface area contributed by atoms with Crippen LogP contribution in [-0.2, 0) is 0 Å². The second-order valence-electron chi connectivity index (χ2n) is 9.66. The molecule has 0 aromatic rings. The zero-order chi connectivity index (χ0) is 15.5. The number of hydrogen-bond acceptors (Lipinski definition) is 1. The molecule has 1 heteroatoms. The first-order chi connectivity index (χ1) is 10.5.